The van der Waals surface area contributed by atoms with Gasteiger partial charge in [0.2, 0.25) is 0 Å². The molecule has 0 saturated carbocycles. The number of rotatable bonds is 6. The molecule has 2 heteroatoms. The van der Waals surface area contributed by atoms with Crippen LogP contribution < -0.4 is 0 Å². The first-order valence-electron chi connectivity index (χ1n) is 6.30. The molecule has 0 heterocycles. The molecule has 0 bridgehead atoms. The van der Waals surface area contributed by atoms with E-state index in [-0.39, 0.29) is 11.9 Å². The quantitative estimate of drug-likeness (QED) is 0.705. The Hall–Kier alpha value is -1.31. The van der Waals surface area contributed by atoms with Gasteiger partial charge in [0.1, 0.15) is 0 Å². The number of hydrogen-bond acceptors (Lipinski definition) is 2. The molecule has 0 amide bonds. The van der Waals surface area contributed by atoms with Crippen molar-refractivity contribution in [3.05, 3.63) is 35.9 Å². The average molecular weight is 234 g/mol. The van der Waals surface area contributed by atoms with Crippen molar-refractivity contribution in [1.82, 2.24) is 0 Å². The maximum atomic E-state index is 11.7. The molecule has 2 unspecified atom stereocenters. The van der Waals surface area contributed by atoms with Gasteiger partial charge < -0.3 is 4.74 Å². The number of esters is 1. The fraction of sp³-hybridized carbons (Fsp3) is 0.533. The summed E-state index contributed by atoms with van der Waals surface area (Å²) in [5.41, 5.74) is 1.28. The van der Waals surface area contributed by atoms with Crippen LogP contribution in [0.4, 0.5) is 0 Å². The summed E-state index contributed by atoms with van der Waals surface area (Å²) in [7, 11) is 1.47. The lowest BCUT2D eigenvalue weighted by Crippen LogP contribution is -2.24. The molecule has 0 radical (unpaired) electrons. The van der Waals surface area contributed by atoms with Crippen molar-refractivity contribution in [2.45, 2.75) is 33.1 Å². The van der Waals surface area contributed by atoms with Crippen LogP contribution in [0.3, 0.4) is 0 Å². The van der Waals surface area contributed by atoms with E-state index in [1.807, 2.05) is 18.2 Å². The Balaban J connectivity index is 2.65. The number of carbonyl (C=O) groups is 1. The van der Waals surface area contributed by atoms with E-state index in [1.54, 1.807) is 0 Å². The standard InChI is InChI=1S/C15H22O2/c1-4-8-14(15(16)17-3)12(2)11-13-9-6-5-7-10-13/h5-7,9-10,12,14H,4,8,11H2,1-3H3. The van der Waals surface area contributed by atoms with E-state index in [0.29, 0.717) is 5.92 Å². The second kappa shape index (κ2) is 7.10. The van der Waals surface area contributed by atoms with E-state index in [9.17, 15) is 4.79 Å². The molecule has 1 rings (SSSR count). The highest BCUT2D eigenvalue weighted by atomic mass is 16.5. The molecule has 2 nitrogen and oxygen atoms in total. The summed E-state index contributed by atoms with van der Waals surface area (Å²) in [6.07, 6.45) is 2.85. The number of benzene rings is 1. The zero-order valence-corrected chi connectivity index (χ0v) is 11.0. The Morgan fingerprint density at radius 1 is 1.29 bits per heavy atom. The van der Waals surface area contributed by atoms with Crippen molar-refractivity contribution in [3.63, 3.8) is 0 Å². The normalized spacial score (nSPS) is 14.1. The zero-order chi connectivity index (χ0) is 12.7. The molecular weight excluding hydrogens is 212 g/mol. The minimum atomic E-state index is -0.0738. The Morgan fingerprint density at radius 3 is 2.47 bits per heavy atom. The second-order valence-corrected chi connectivity index (χ2v) is 4.59. The van der Waals surface area contributed by atoms with Crippen LogP contribution in [0.1, 0.15) is 32.3 Å². The molecule has 0 saturated heterocycles. The topological polar surface area (TPSA) is 26.3 Å². The van der Waals surface area contributed by atoms with Crippen molar-refractivity contribution in [2.75, 3.05) is 7.11 Å². The molecule has 0 fully saturated rings. The van der Waals surface area contributed by atoms with Crippen molar-refractivity contribution < 1.29 is 9.53 Å². The van der Waals surface area contributed by atoms with E-state index in [4.69, 9.17) is 4.74 Å². The maximum absolute atomic E-state index is 11.7. The second-order valence-electron chi connectivity index (χ2n) is 4.59. The van der Waals surface area contributed by atoms with Crippen LogP contribution in [0.5, 0.6) is 0 Å². The predicted octanol–water partition coefficient (Wildman–Crippen LogP) is 3.45. The third-order valence-electron chi connectivity index (χ3n) is 3.19. The Labute approximate surface area is 104 Å². The fourth-order valence-electron chi connectivity index (χ4n) is 2.23. The molecule has 0 aliphatic heterocycles. The summed E-state index contributed by atoms with van der Waals surface area (Å²) in [5, 5.41) is 0. The van der Waals surface area contributed by atoms with Gasteiger partial charge >= 0.3 is 5.97 Å². The first kappa shape index (κ1) is 13.8. The lowest BCUT2D eigenvalue weighted by atomic mass is 9.85. The lowest BCUT2D eigenvalue weighted by molar-refractivity contribution is -0.147. The van der Waals surface area contributed by atoms with Crippen LogP contribution >= 0.6 is 0 Å². The van der Waals surface area contributed by atoms with E-state index in [2.05, 4.69) is 26.0 Å². The molecule has 0 aromatic heterocycles. The van der Waals surface area contributed by atoms with Gasteiger partial charge in [-0.15, -0.1) is 0 Å². The van der Waals surface area contributed by atoms with Crippen LogP contribution in [-0.2, 0) is 16.0 Å². The molecule has 94 valence electrons. The Bertz CT molecular complexity index is 332. The fourth-order valence-corrected chi connectivity index (χ4v) is 2.23. The van der Waals surface area contributed by atoms with E-state index in [1.165, 1.54) is 12.7 Å². The zero-order valence-electron chi connectivity index (χ0n) is 11.0. The average Bonchev–Trinajstić information content (AvgIpc) is 2.36. The van der Waals surface area contributed by atoms with Gasteiger partial charge in [0.25, 0.3) is 0 Å². The molecular formula is C15H22O2. The number of carbonyl (C=O) groups excluding carboxylic acids is 1. The van der Waals surface area contributed by atoms with E-state index < -0.39 is 0 Å². The third-order valence-corrected chi connectivity index (χ3v) is 3.19. The minimum absolute atomic E-state index is 0.0187. The van der Waals surface area contributed by atoms with Gasteiger partial charge in [-0.2, -0.15) is 0 Å². The monoisotopic (exact) mass is 234 g/mol. The van der Waals surface area contributed by atoms with E-state index in [0.717, 1.165) is 19.3 Å². The predicted molar refractivity (Wildman–Crippen MR) is 69.7 cm³/mol. The Morgan fingerprint density at radius 2 is 1.94 bits per heavy atom. The van der Waals surface area contributed by atoms with Crippen LogP contribution in [0.2, 0.25) is 0 Å². The highest BCUT2D eigenvalue weighted by Gasteiger charge is 2.24. The minimum Gasteiger partial charge on any atom is -0.469 e. The first-order chi connectivity index (χ1) is 8.19. The summed E-state index contributed by atoms with van der Waals surface area (Å²) in [6, 6.07) is 10.3. The van der Waals surface area contributed by atoms with Crippen molar-refractivity contribution in [1.29, 1.82) is 0 Å². The van der Waals surface area contributed by atoms with Gasteiger partial charge in [0, 0.05) is 0 Å². The summed E-state index contributed by atoms with van der Waals surface area (Å²) < 4.78 is 4.88. The number of hydrogen-bond donors (Lipinski definition) is 0. The summed E-state index contributed by atoms with van der Waals surface area (Å²) >= 11 is 0. The lowest BCUT2D eigenvalue weighted by Gasteiger charge is -2.21. The van der Waals surface area contributed by atoms with Crippen molar-refractivity contribution in [2.24, 2.45) is 11.8 Å². The highest BCUT2D eigenvalue weighted by Crippen LogP contribution is 2.23. The van der Waals surface area contributed by atoms with Crippen molar-refractivity contribution in [3.8, 4) is 0 Å². The van der Waals surface area contributed by atoms with Crippen molar-refractivity contribution >= 4 is 5.97 Å². The number of methoxy groups -OCH3 is 1. The van der Waals surface area contributed by atoms with Gasteiger partial charge in [0.15, 0.2) is 0 Å². The van der Waals surface area contributed by atoms with Gasteiger partial charge in [0.05, 0.1) is 13.0 Å². The van der Waals surface area contributed by atoms with Gasteiger partial charge in [-0.05, 0) is 24.3 Å². The third kappa shape index (κ3) is 4.22. The number of ether oxygens (including phenoxy) is 1. The SMILES string of the molecule is CCCC(C(=O)OC)C(C)Cc1ccccc1. The molecule has 0 N–H and O–H groups in total. The molecule has 0 spiro atoms. The molecule has 0 aliphatic carbocycles. The van der Waals surface area contributed by atoms with Crippen LogP contribution in [0.25, 0.3) is 0 Å². The largest absolute Gasteiger partial charge is 0.469 e. The van der Waals surface area contributed by atoms with Crippen LogP contribution in [0.15, 0.2) is 30.3 Å². The van der Waals surface area contributed by atoms with Gasteiger partial charge in [-0.1, -0.05) is 50.6 Å². The van der Waals surface area contributed by atoms with Crippen LogP contribution in [0, 0.1) is 11.8 Å². The maximum Gasteiger partial charge on any atom is 0.308 e. The Kier molecular flexibility index (Phi) is 5.75. The summed E-state index contributed by atoms with van der Waals surface area (Å²) in [4.78, 5) is 11.7. The molecule has 1 aromatic carbocycles. The molecule has 17 heavy (non-hydrogen) atoms. The molecule has 2 atom stereocenters. The van der Waals surface area contributed by atoms with Crippen LogP contribution in [-0.4, -0.2) is 13.1 Å². The van der Waals surface area contributed by atoms with Gasteiger partial charge in [-0.25, -0.2) is 0 Å². The first-order valence-corrected chi connectivity index (χ1v) is 6.30. The summed E-state index contributed by atoms with van der Waals surface area (Å²) in [6.45, 7) is 4.23. The van der Waals surface area contributed by atoms with E-state index >= 15 is 0 Å². The molecule has 1 aromatic rings. The highest BCUT2D eigenvalue weighted by molar-refractivity contribution is 5.72. The molecule has 0 aliphatic rings. The smallest absolute Gasteiger partial charge is 0.308 e. The van der Waals surface area contributed by atoms with Gasteiger partial charge in [-0.3, -0.25) is 4.79 Å². The summed E-state index contributed by atoms with van der Waals surface area (Å²) in [5.74, 6) is 0.269.